The molecule has 150 valence electrons. The summed E-state index contributed by atoms with van der Waals surface area (Å²) in [6.45, 7) is 0.501. The molecule has 1 unspecified atom stereocenters. The highest BCUT2D eigenvalue weighted by molar-refractivity contribution is 6.30. The average Bonchev–Trinajstić information content (AvgIpc) is 3.30. The second kappa shape index (κ2) is 6.85. The van der Waals surface area contributed by atoms with Gasteiger partial charge in [0.05, 0.1) is 0 Å². The SMILES string of the molecule is O=C1c2cc3c(cc2CCC1C[C@@H]1C[C@@H]2CCC[C@@H]2N1)-c1ccc(Cl)cc1OC3. The normalized spacial score (nSPS) is 29.6. The number of fused-ring (bicyclic) bond motifs is 5. The minimum Gasteiger partial charge on any atom is -0.488 e. The van der Waals surface area contributed by atoms with E-state index >= 15 is 0 Å². The van der Waals surface area contributed by atoms with Gasteiger partial charge in [0.2, 0.25) is 0 Å². The minimum absolute atomic E-state index is 0.160. The number of ketones is 1. The Balaban J connectivity index is 1.26. The maximum Gasteiger partial charge on any atom is 0.166 e. The zero-order chi connectivity index (χ0) is 19.5. The van der Waals surface area contributed by atoms with Gasteiger partial charge in [0.15, 0.2) is 5.78 Å². The highest BCUT2D eigenvalue weighted by Crippen LogP contribution is 2.43. The maximum absolute atomic E-state index is 13.3. The molecule has 2 aromatic carbocycles. The number of aryl methyl sites for hydroxylation is 1. The predicted octanol–water partition coefficient (Wildman–Crippen LogP) is 5.57. The summed E-state index contributed by atoms with van der Waals surface area (Å²) >= 11 is 6.13. The fourth-order valence-electron chi connectivity index (χ4n) is 6.18. The number of ether oxygens (including phenoxy) is 1. The predicted molar refractivity (Wildman–Crippen MR) is 115 cm³/mol. The van der Waals surface area contributed by atoms with Gasteiger partial charge in [0, 0.05) is 34.2 Å². The Labute approximate surface area is 176 Å². The van der Waals surface area contributed by atoms with E-state index < -0.39 is 0 Å². The van der Waals surface area contributed by atoms with Gasteiger partial charge in [-0.3, -0.25) is 4.79 Å². The first kappa shape index (κ1) is 18.0. The van der Waals surface area contributed by atoms with E-state index in [4.69, 9.17) is 16.3 Å². The Bertz CT molecular complexity index is 989. The molecule has 0 bridgehead atoms. The Kier molecular flexibility index (Phi) is 4.25. The molecule has 1 saturated heterocycles. The summed E-state index contributed by atoms with van der Waals surface area (Å²) in [5, 5.41) is 4.51. The van der Waals surface area contributed by atoms with Crippen LogP contribution in [0.2, 0.25) is 5.02 Å². The molecule has 4 atom stereocenters. The van der Waals surface area contributed by atoms with Crippen molar-refractivity contribution in [2.75, 3.05) is 0 Å². The van der Waals surface area contributed by atoms with Crippen LogP contribution in [0.15, 0.2) is 30.3 Å². The molecule has 0 aromatic heterocycles. The lowest BCUT2D eigenvalue weighted by atomic mass is 9.77. The molecule has 2 aliphatic carbocycles. The van der Waals surface area contributed by atoms with Crippen LogP contribution in [0.25, 0.3) is 11.1 Å². The van der Waals surface area contributed by atoms with Crippen molar-refractivity contribution in [3.05, 3.63) is 52.0 Å². The summed E-state index contributed by atoms with van der Waals surface area (Å²) in [7, 11) is 0. The van der Waals surface area contributed by atoms with Crippen LogP contribution in [0, 0.1) is 11.8 Å². The molecule has 2 aromatic rings. The molecule has 2 aliphatic heterocycles. The standard InChI is InChI=1S/C25H26ClNO2/c26-18-6-7-20-21-10-14-4-5-16(9-19-8-15-2-1-3-23(15)27-19)25(28)22(14)11-17(21)13-29-24(20)12-18/h6-7,10-12,15-16,19,23,27H,1-5,8-9,13H2/t15-,16?,19-,23-/m0/s1. The van der Waals surface area contributed by atoms with Crippen molar-refractivity contribution < 1.29 is 9.53 Å². The molecule has 4 heteroatoms. The van der Waals surface area contributed by atoms with Gasteiger partial charge < -0.3 is 10.1 Å². The third-order valence-electron chi connectivity index (χ3n) is 7.61. The monoisotopic (exact) mass is 407 g/mol. The third kappa shape index (κ3) is 3.02. The van der Waals surface area contributed by atoms with Gasteiger partial charge in [-0.05, 0) is 91.5 Å². The molecule has 0 amide bonds. The Morgan fingerprint density at radius 2 is 1.93 bits per heavy atom. The summed E-state index contributed by atoms with van der Waals surface area (Å²) in [5.74, 6) is 2.19. The van der Waals surface area contributed by atoms with Gasteiger partial charge in [0.1, 0.15) is 12.4 Å². The van der Waals surface area contributed by atoms with Crippen molar-refractivity contribution in [2.24, 2.45) is 11.8 Å². The molecule has 6 rings (SSSR count). The first-order valence-electron chi connectivity index (χ1n) is 11.0. The van der Waals surface area contributed by atoms with Gasteiger partial charge in [0.25, 0.3) is 0 Å². The first-order chi connectivity index (χ1) is 14.2. The molecule has 1 N–H and O–H groups in total. The van der Waals surface area contributed by atoms with Crippen LogP contribution in [0.3, 0.4) is 0 Å². The molecule has 0 radical (unpaired) electrons. The quantitative estimate of drug-likeness (QED) is 0.707. The number of Topliss-reactive ketones (excluding diaryl/α,β-unsaturated/α-hetero) is 1. The molecule has 2 heterocycles. The van der Waals surface area contributed by atoms with E-state index in [1.54, 1.807) is 0 Å². The number of nitrogens with one attached hydrogen (secondary N) is 1. The number of halogens is 1. The van der Waals surface area contributed by atoms with Crippen LogP contribution in [-0.2, 0) is 13.0 Å². The largest absolute Gasteiger partial charge is 0.488 e. The minimum atomic E-state index is 0.160. The fraction of sp³-hybridized carbons (Fsp3) is 0.480. The van der Waals surface area contributed by atoms with Crippen LogP contribution in [0.5, 0.6) is 5.75 Å². The summed E-state index contributed by atoms with van der Waals surface area (Å²) in [5.41, 5.74) is 5.51. The molecule has 0 spiro atoms. The first-order valence-corrected chi connectivity index (χ1v) is 11.4. The smallest absolute Gasteiger partial charge is 0.166 e. The second-order valence-electron chi connectivity index (χ2n) is 9.33. The highest BCUT2D eigenvalue weighted by atomic mass is 35.5. The van der Waals surface area contributed by atoms with E-state index in [2.05, 4.69) is 17.4 Å². The molecule has 29 heavy (non-hydrogen) atoms. The van der Waals surface area contributed by atoms with Gasteiger partial charge in [-0.1, -0.05) is 18.0 Å². The van der Waals surface area contributed by atoms with Crippen molar-refractivity contribution in [1.29, 1.82) is 0 Å². The van der Waals surface area contributed by atoms with Gasteiger partial charge in [-0.15, -0.1) is 0 Å². The number of carbonyl (C=O) groups is 1. The lowest BCUT2D eigenvalue weighted by molar-refractivity contribution is 0.0886. The Morgan fingerprint density at radius 1 is 1.03 bits per heavy atom. The highest BCUT2D eigenvalue weighted by Gasteiger charge is 2.39. The van der Waals surface area contributed by atoms with Crippen LogP contribution in [0.1, 0.15) is 60.0 Å². The third-order valence-corrected chi connectivity index (χ3v) is 7.84. The summed E-state index contributed by atoms with van der Waals surface area (Å²) in [6.07, 6.45) is 8.28. The fourth-order valence-corrected chi connectivity index (χ4v) is 6.34. The zero-order valence-electron chi connectivity index (χ0n) is 16.5. The van der Waals surface area contributed by atoms with E-state index in [1.165, 1.54) is 36.8 Å². The number of benzene rings is 2. The van der Waals surface area contributed by atoms with Crippen molar-refractivity contribution in [1.82, 2.24) is 5.32 Å². The topological polar surface area (TPSA) is 38.3 Å². The Hall–Kier alpha value is -1.84. The van der Waals surface area contributed by atoms with Gasteiger partial charge in [-0.2, -0.15) is 0 Å². The second-order valence-corrected chi connectivity index (χ2v) is 9.76. The van der Waals surface area contributed by atoms with Crippen LogP contribution < -0.4 is 10.1 Å². The van der Waals surface area contributed by atoms with Gasteiger partial charge >= 0.3 is 0 Å². The van der Waals surface area contributed by atoms with E-state index in [1.807, 2.05) is 18.2 Å². The van der Waals surface area contributed by atoms with Crippen LogP contribution in [0.4, 0.5) is 0 Å². The Morgan fingerprint density at radius 3 is 2.83 bits per heavy atom. The number of carbonyl (C=O) groups excluding carboxylic acids is 1. The van der Waals surface area contributed by atoms with E-state index in [9.17, 15) is 4.79 Å². The summed E-state index contributed by atoms with van der Waals surface area (Å²) in [6, 6.07) is 11.4. The van der Waals surface area contributed by atoms with Crippen LogP contribution in [-0.4, -0.2) is 17.9 Å². The summed E-state index contributed by atoms with van der Waals surface area (Å²) in [4.78, 5) is 13.3. The number of rotatable bonds is 2. The lowest BCUT2D eigenvalue weighted by Crippen LogP contribution is -2.34. The average molecular weight is 408 g/mol. The van der Waals surface area contributed by atoms with E-state index in [0.29, 0.717) is 29.5 Å². The van der Waals surface area contributed by atoms with Gasteiger partial charge in [-0.25, -0.2) is 0 Å². The molecule has 2 fully saturated rings. The van der Waals surface area contributed by atoms with Crippen molar-refractivity contribution in [3.8, 4) is 16.9 Å². The maximum atomic E-state index is 13.3. The van der Waals surface area contributed by atoms with Crippen molar-refractivity contribution in [3.63, 3.8) is 0 Å². The lowest BCUT2D eigenvalue weighted by Gasteiger charge is -2.29. The number of hydrogen-bond donors (Lipinski definition) is 1. The summed E-state index contributed by atoms with van der Waals surface area (Å²) < 4.78 is 5.93. The van der Waals surface area contributed by atoms with E-state index in [0.717, 1.165) is 47.6 Å². The molecule has 1 saturated carbocycles. The van der Waals surface area contributed by atoms with Crippen LogP contribution >= 0.6 is 11.6 Å². The zero-order valence-corrected chi connectivity index (χ0v) is 17.3. The van der Waals surface area contributed by atoms with E-state index in [-0.39, 0.29) is 5.92 Å². The molecule has 4 aliphatic rings. The molecular weight excluding hydrogens is 382 g/mol. The molecular formula is C25H26ClNO2. The molecule has 3 nitrogen and oxygen atoms in total. The van der Waals surface area contributed by atoms with Crippen molar-refractivity contribution >= 4 is 17.4 Å². The van der Waals surface area contributed by atoms with Crippen molar-refractivity contribution in [2.45, 2.75) is 63.6 Å². The number of hydrogen-bond acceptors (Lipinski definition) is 3.